The molecule has 2 aromatic heterocycles. The van der Waals surface area contributed by atoms with Gasteiger partial charge in [0, 0.05) is 31.2 Å². The van der Waals surface area contributed by atoms with Gasteiger partial charge in [-0.15, -0.1) is 0 Å². The highest BCUT2D eigenvalue weighted by atomic mass is 79.9. The smallest absolute Gasteiger partial charge is 0.320 e. The molecule has 0 radical (unpaired) electrons. The van der Waals surface area contributed by atoms with Crippen molar-refractivity contribution < 1.29 is 9.21 Å². The highest BCUT2D eigenvalue weighted by molar-refractivity contribution is 9.10. The summed E-state index contributed by atoms with van der Waals surface area (Å²) in [4.78, 5) is 27.2. The van der Waals surface area contributed by atoms with Crippen molar-refractivity contribution in [3.8, 4) is 11.5 Å². The molecule has 1 saturated heterocycles. The molecule has 1 aromatic carbocycles. The lowest BCUT2D eigenvalue weighted by atomic mass is 10.1. The van der Waals surface area contributed by atoms with Crippen LogP contribution < -0.4 is 10.6 Å². The van der Waals surface area contributed by atoms with E-state index in [-0.39, 0.29) is 12.1 Å². The normalized spacial score (nSPS) is 15.2. The minimum atomic E-state index is -0.260. The number of aromatic nitrogens is 3. The van der Waals surface area contributed by atoms with Crippen LogP contribution in [0.1, 0.15) is 18.5 Å². The summed E-state index contributed by atoms with van der Waals surface area (Å²) in [7, 11) is 0. The number of nitrogens with one attached hydrogen (secondary N) is 2. The van der Waals surface area contributed by atoms with E-state index in [4.69, 9.17) is 4.42 Å². The summed E-state index contributed by atoms with van der Waals surface area (Å²) in [5, 5.41) is 5.71. The molecule has 3 heterocycles. The summed E-state index contributed by atoms with van der Waals surface area (Å²) in [6.07, 6.45) is 6.53. The lowest BCUT2D eigenvalue weighted by Gasteiger charge is -2.31. The highest BCUT2D eigenvalue weighted by Crippen LogP contribution is 2.20. The molecule has 29 heavy (non-hydrogen) atoms. The average molecular weight is 457 g/mol. The van der Waals surface area contributed by atoms with Crippen LogP contribution in [0, 0.1) is 0 Å². The Hall–Kier alpha value is -2.78. The monoisotopic (exact) mass is 456 g/mol. The minimum Gasteiger partial charge on any atom is -0.444 e. The molecule has 0 spiro atoms. The van der Waals surface area contributed by atoms with Gasteiger partial charge < -0.3 is 9.73 Å². The molecule has 4 rings (SSSR count). The van der Waals surface area contributed by atoms with Gasteiger partial charge in [0.05, 0.1) is 18.1 Å². The molecule has 3 aromatic rings. The third-order valence-electron chi connectivity index (χ3n) is 4.74. The van der Waals surface area contributed by atoms with E-state index in [2.05, 4.69) is 46.4 Å². The van der Waals surface area contributed by atoms with Gasteiger partial charge in [0.25, 0.3) is 0 Å². The molecule has 2 N–H and O–H groups in total. The molecule has 1 fully saturated rings. The molecule has 1 aliphatic rings. The molecular formula is C20H21BrN6O2. The fourth-order valence-electron chi connectivity index (χ4n) is 3.27. The van der Waals surface area contributed by atoms with Gasteiger partial charge in [-0.3, -0.25) is 10.2 Å². The average Bonchev–Trinajstić information content (AvgIpc) is 3.20. The second-order valence-electron chi connectivity index (χ2n) is 6.88. The van der Waals surface area contributed by atoms with Crippen LogP contribution >= 0.6 is 15.9 Å². The third-order valence-corrected chi connectivity index (χ3v) is 5.15. The number of anilines is 1. The summed E-state index contributed by atoms with van der Waals surface area (Å²) in [5.41, 5.74) is 1.89. The van der Waals surface area contributed by atoms with Gasteiger partial charge in [0.2, 0.25) is 5.89 Å². The zero-order valence-electron chi connectivity index (χ0n) is 15.7. The summed E-state index contributed by atoms with van der Waals surface area (Å²) in [6.45, 7) is 2.51. The molecule has 0 aliphatic carbocycles. The molecular weight excluding hydrogens is 436 g/mol. The van der Waals surface area contributed by atoms with E-state index in [0.717, 1.165) is 43.7 Å². The summed E-state index contributed by atoms with van der Waals surface area (Å²) >= 11 is 3.22. The Balaban J connectivity index is 1.23. The summed E-state index contributed by atoms with van der Waals surface area (Å²) < 4.78 is 6.24. The molecule has 150 valence electrons. The first-order chi connectivity index (χ1) is 14.2. The standard InChI is InChI=1S/C20H21BrN6O2/c21-17-10-23-18(11-22-17)26-20(28)25-15-6-8-27(9-7-15)12-16-13-29-19(24-16)14-4-2-1-3-5-14/h1-5,10-11,13,15H,6-9,12H2,(H2,23,25,26,28). The van der Waals surface area contributed by atoms with Crippen LogP contribution in [0.4, 0.5) is 10.6 Å². The van der Waals surface area contributed by atoms with Crippen LogP contribution in [0.15, 0.2) is 58.0 Å². The molecule has 9 heteroatoms. The van der Waals surface area contributed by atoms with Crippen molar-refractivity contribution in [2.75, 3.05) is 18.4 Å². The number of piperidine rings is 1. The number of urea groups is 1. The first kappa shape index (κ1) is 19.5. The number of carbonyl (C=O) groups is 1. The lowest BCUT2D eigenvalue weighted by Crippen LogP contribution is -2.45. The Morgan fingerprint density at radius 1 is 1.17 bits per heavy atom. The van der Waals surface area contributed by atoms with E-state index in [1.807, 2.05) is 30.3 Å². The number of likely N-dealkylation sites (tertiary alicyclic amines) is 1. The first-order valence-electron chi connectivity index (χ1n) is 9.43. The van der Waals surface area contributed by atoms with Crippen LogP contribution in [0.5, 0.6) is 0 Å². The Morgan fingerprint density at radius 2 is 1.97 bits per heavy atom. The highest BCUT2D eigenvalue weighted by Gasteiger charge is 2.22. The maximum absolute atomic E-state index is 12.1. The number of hydrogen-bond donors (Lipinski definition) is 2. The number of amides is 2. The number of rotatable bonds is 5. The Kier molecular flexibility index (Phi) is 6.16. The second kappa shape index (κ2) is 9.15. The SMILES string of the molecule is O=C(Nc1cnc(Br)cn1)NC1CCN(Cc2coc(-c3ccccc3)n2)CC1. The topological polar surface area (TPSA) is 96.2 Å². The maximum atomic E-state index is 12.1. The van der Waals surface area contributed by atoms with Gasteiger partial charge in [0.1, 0.15) is 10.9 Å². The molecule has 0 saturated carbocycles. The molecule has 0 atom stereocenters. The molecule has 0 bridgehead atoms. The van der Waals surface area contributed by atoms with Crippen molar-refractivity contribution in [2.45, 2.75) is 25.4 Å². The Morgan fingerprint density at radius 3 is 2.69 bits per heavy atom. The second-order valence-corrected chi connectivity index (χ2v) is 7.70. The third kappa shape index (κ3) is 5.39. The van der Waals surface area contributed by atoms with Crippen molar-refractivity contribution in [2.24, 2.45) is 0 Å². The number of halogens is 1. The quantitative estimate of drug-likeness (QED) is 0.607. The molecule has 0 unspecified atom stereocenters. The number of carbonyl (C=O) groups excluding carboxylic acids is 1. The van der Waals surface area contributed by atoms with Crippen LogP contribution in [0.2, 0.25) is 0 Å². The van der Waals surface area contributed by atoms with Crippen molar-refractivity contribution in [3.63, 3.8) is 0 Å². The maximum Gasteiger partial charge on any atom is 0.320 e. The van der Waals surface area contributed by atoms with E-state index in [1.54, 1.807) is 12.5 Å². The number of benzene rings is 1. The van der Waals surface area contributed by atoms with Gasteiger partial charge in [0.15, 0.2) is 5.82 Å². The van der Waals surface area contributed by atoms with E-state index in [9.17, 15) is 4.79 Å². The van der Waals surface area contributed by atoms with Gasteiger partial charge in [-0.25, -0.2) is 19.7 Å². The van der Waals surface area contributed by atoms with Gasteiger partial charge in [-0.2, -0.15) is 0 Å². The van der Waals surface area contributed by atoms with Gasteiger partial charge in [-0.05, 0) is 40.9 Å². The van der Waals surface area contributed by atoms with Gasteiger partial charge >= 0.3 is 6.03 Å². The fourth-order valence-corrected chi connectivity index (χ4v) is 3.48. The molecule has 1 aliphatic heterocycles. The Bertz CT molecular complexity index is 939. The van der Waals surface area contributed by atoms with Crippen LogP contribution in [0.25, 0.3) is 11.5 Å². The number of hydrogen-bond acceptors (Lipinski definition) is 6. The number of nitrogens with zero attached hydrogens (tertiary/aromatic N) is 4. The van der Waals surface area contributed by atoms with E-state index >= 15 is 0 Å². The van der Waals surface area contributed by atoms with Crippen molar-refractivity contribution in [1.29, 1.82) is 0 Å². The van der Waals surface area contributed by atoms with E-state index in [1.165, 1.54) is 6.20 Å². The van der Waals surface area contributed by atoms with Crippen LogP contribution in [0.3, 0.4) is 0 Å². The lowest BCUT2D eigenvalue weighted by molar-refractivity contribution is 0.188. The van der Waals surface area contributed by atoms with Crippen LogP contribution in [-0.2, 0) is 6.54 Å². The van der Waals surface area contributed by atoms with Crippen molar-refractivity contribution in [1.82, 2.24) is 25.2 Å². The van der Waals surface area contributed by atoms with Gasteiger partial charge in [-0.1, -0.05) is 18.2 Å². The largest absolute Gasteiger partial charge is 0.444 e. The van der Waals surface area contributed by atoms with E-state index in [0.29, 0.717) is 16.3 Å². The Labute approximate surface area is 176 Å². The molecule has 2 amide bonds. The zero-order valence-corrected chi connectivity index (χ0v) is 17.3. The van der Waals surface area contributed by atoms with Crippen molar-refractivity contribution >= 4 is 27.8 Å². The zero-order chi connectivity index (χ0) is 20.1. The van der Waals surface area contributed by atoms with Crippen molar-refractivity contribution in [3.05, 3.63) is 59.3 Å². The predicted octanol–water partition coefficient (Wildman–Crippen LogP) is 3.68. The predicted molar refractivity (Wildman–Crippen MR) is 112 cm³/mol. The summed E-state index contributed by atoms with van der Waals surface area (Å²) in [5.74, 6) is 1.06. The summed E-state index contributed by atoms with van der Waals surface area (Å²) in [6, 6.07) is 9.75. The first-order valence-corrected chi connectivity index (χ1v) is 10.2. The minimum absolute atomic E-state index is 0.131. The fraction of sp³-hybridized carbons (Fsp3) is 0.300. The van der Waals surface area contributed by atoms with Crippen LogP contribution in [-0.4, -0.2) is 45.0 Å². The number of oxazole rings is 1. The molecule has 8 nitrogen and oxygen atoms in total. The van der Waals surface area contributed by atoms with E-state index < -0.39 is 0 Å².